The largest absolute Gasteiger partial charge is 0.375 e. The number of amides is 1. The molecule has 2 rings (SSSR count). The minimum atomic E-state index is -2.83. The maximum absolute atomic E-state index is 13.2. The van der Waals surface area contributed by atoms with Crippen molar-refractivity contribution in [2.45, 2.75) is 30.8 Å². The number of aliphatic hydroxyl groups is 1. The third-order valence-corrected chi connectivity index (χ3v) is 3.58. The lowest BCUT2D eigenvalue weighted by Crippen LogP contribution is -2.46. The summed E-state index contributed by atoms with van der Waals surface area (Å²) in [7, 11) is 0. The van der Waals surface area contributed by atoms with E-state index in [0.717, 1.165) is 0 Å². The highest BCUT2D eigenvalue weighted by molar-refractivity contribution is 5.85. The highest BCUT2D eigenvalue weighted by Gasteiger charge is 2.52. The molecule has 0 aromatic heterocycles. The van der Waals surface area contributed by atoms with Gasteiger partial charge in [0.1, 0.15) is 0 Å². The average Bonchev–Trinajstić information content (AvgIpc) is 2.70. The number of nitrogens with two attached hydrogens (primary N) is 1. The first-order chi connectivity index (χ1) is 8.36. The minimum Gasteiger partial charge on any atom is -0.375 e. The maximum Gasteiger partial charge on any atom is 0.254 e. The van der Waals surface area contributed by atoms with Gasteiger partial charge in [-0.05, 0) is 12.0 Å². The summed E-state index contributed by atoms with van der Waals surface area (Å²) >= 11 is 0. The Morgan fingerprint density at radius 2 is 2.00 bits per heavy atom. The van der Waals surface area contributed by atoms with Gasteiger partial charge in [0, 0.05) is 18.8 Å². The molecule has 98 valence electrons. The zero-order chi connectivity index (χ0) is 13.4. The van der Waals surface area contributed by atoms with Crippen LogP contribution in [-0.2, 0) is 10.4 Å². The Morgan fingerprint density at radius 1 is 1.39 bits per heavy atom. The van der Waals surface area contributed by atoms with E-state index in [1.54, 1.807) is 18.2 Å². The van der Waals surface area contributed by atoms with Crippen molar-refractivity contribution in [1.82, 2.24) is 0 Å². The molecular formula is C13H15F2NO2. The number of hydrogen-bond donors (Lipinski definition) is 2. The molecule has 0 saturated heterocycles. The van der Waals surface area contributed by atoms with Gasteiger partial charge < -0.3 is 10.8 Å². The standard InChI is InChI=1S/C13H15F2NO2/c14-12(15)7-6-10(8-12)13(18,11(16)17)9-4-2-1-3-5-9/h1-5,10,18H,6-8H2,(H2,16,17)/t10-,13+/m1/s1. The normalized spacial score (nSPS) is 25.6. The van der Waals surface area contributed by atoms with Gasteiger partial charge in [0.05, 0.1) is 0 Å². The number of carbonyl (C=O) groups is 1. The molecular weight excluding hydrogens is 240 g/mol. The minimum absolute atomic E-state index is 0.0847. The second kappa shape index (κ2) is 4.31. The van der Waals surface area contributed by atoms with Gasteiger partial charge in [0.15, 0.2) is 5.60 Å². The fraction of sp³-hybridized carbons (Fsp3) is 0.462. The van der Waals surface area contributed by atoms with Crippen LogP contribution in [0, 0.1) is 5.92 Å². The summed E-state index contributed by atoms with van der Waals surface area (Å²) in [4.78, 5) is 11.5. The van der Waals surface area contributed by atoms with Crippen LogP contribution < -0.4 is 5.73 Å². The Hall–Kier alpha value is -1.49. The van der Waals surface area contributed by atoms with Crippen LogP contribution in [0.3, 0.4) is 0 Å². The van der Waals surface area contributed by atoms with E-state index in [-0.39, 0.29) is 18.4 Å². The second-order valence-corrected chi connectivity index (χ2v) is 4.79. The first kappa shape index (κ1) is 13.0. The van der Waals surface area contributed by atoms with Crippen LogP contribution in [-0.4, -0.2) is 16.9 Å². The molecule has 1 aromatic carbocycles. The van der Waals surface area contributed by atoms with Crippen LogP contribution in [0.5, 0.6) is 0 Å². The average molecular weight is 255 g/mol. The highest BCUT2D eigenvalue weighted by atomic mass is 19.3. The van der Waals surface area contributed by atoms with E-state index < -0.39 is 29.8 Å². The van der Waals surface area contributed by atoms with Gasteiger partial charge >= 0.3 is 0 Å². The molecule has 0 unspecified atom stereocenters. The van der Waals surface area contributed by atoms with Crippen LogP contribution in [0.1, 0.15) is 24.8 Å². The Kier molecular flexibility index (Phi) is 3.11. The number of primary amides is 1. The van der Waals surface area contributed by atoms with Gasteiger partial charge in [-0.1, -0.05) is 30.3 Å². The molecule has 1 aliphatic carbocycles. The van der Waals surface area contributed by atoms with Crippen molar-refractivity contribution in [3.05, 3.63) is 35.9 Å². The summed E-state index contributed by atoms with van der Waals surface area (Å²) in [5.74, 6) is -4.65. The van der Waals surface area contributed by atoms with Gasteiger partial charge in [-0.25, -0.2) is 8.78 Å². The zero-order valence-electron chi connectivity index (χ0n) is 9.77. The van der Waals surface area contributed by atoms with Crippen molar-refractivity contribution < 1.29 is 18.7 Å². The number of alkyl halides is 2. The zero-order valence-corrected chi connectivity index (χ0v) is 9.77. The molecule has 1 amide bonds. The summed E-state index contributed by atoms with van der Waals surface area (Å²) in [6.45, 7) is 0. The Labute approximate surface area is 104 Å². The van der Waals surface area contributed by atoms with Crippen molar-refractivity contribution in [2.24, 2.45) is 11.7 Å². The SMILES string of the molecule is NC(=O)[C@](O)(c1ccccc1)[C@@H]1CCC(F)(F)C1. The molecule has 0 bridgehead atoms. The molecule has 0 heterocycles. The molecule has 1 aromatic rings. The first-order valence-electron chi connectivity index (χ1n) is 5.82. The summed E-state index contributed by atoms with van der Waals surface area (Å²) in [6.07, 6.45) is -0.747. The monoisotopic (exact) mass is 255 g/mol. The van der Waals surface area contributed by atoms with Crippen LogP contribution >= 0.6 is 0 Å². The van der Waals surface area contributed by atoms with E-state index in [9.17, 15) is 18.7 Å². The summed E-state index contributed by atoms with van der Waals surface area (Å²) in [5, 5.41) is 10.5. The van der Waals surface area contributed by atoms with E-state index in [2.05, 4.69) is 0 Å². The number of carbonyl (C=O) groups excluding carboxylic acids is 1. The van der Waals surface area contributed by atoms with Gasteiger partial charge in [0.2, 0.25) is 5.92 Å². The fourth-order valence-electron chi connectivity index (χ4n) is 2.58. The number of halogens is 2. The van der Waals surface area contributed by atoms with E-state index in [1.807, 2.05) is 0 Å². The molecule has 0 aliphatic heterocycles. The molecule has 0 spiro atoms. The molecule has 3 nitrogen and oxygen atoms in total. The van der Waals surface area contributed by atoms with Crippen LogP contribution in [0.4, 0.5) is 8.78 Å². The lowest BCUT2D eigenvalue weighted by Gasteiger charge is -2.31. The van der Waals surface area contributed by atoms with Gasteiger partial charge in [-0.3, -0.25) is 4.79 Å². The lowest BCUT2D eigenvalue weighted by atomic mass is 9.79. The molecule has 1 fully saturated rings. The smallest absolute Gasteiger partial charge is 0.254 e. The van der Waals surface area contributed by atoms with Gasteiger partial charge in [-0.2, -0.15) is 0 Å². The van der Waals surface area contributed by atoms with Gasteiger partial charge in [-0.15, -0.1) is 0 Å². The number of rotatable bonds is 3. The maximum atomic E-state index is 13.2. The predicted octanol–water partition coefficient (Wildman–Crippen LogP) is 1.79. The Bertz CT molecular complexity index is 450. The quantitative estimate of drug-likeness (QED) is 0.865. The van der Waals surface area contributed by atoms with E-state index in [4.69, 9.17) is 5.73 Å². The van der Waals surface area contributed by atoms with Crippen molar-refractivity contribution >= 4 is 5.91 Å². The van der Waals surface area contributed by atoms with E-state index in [0.29, 0.717) is 0 Å². The van der Waals surface area contributed by atoms with Crippen molar-refractivity contribution in [2.75, 3.05) is 0 Å². The topological polar surface area (TPSA) is 63.3 Å². The fourth-order valence-corrected chi connectivity index (χ4v) is 2.58. The first-order valence-corrected chi connectivity index (χ1v) is 5.82. The van der Waals surface area contributed by atoms with E-state index >= 15 is 0 Å². The molecule has 0 radical (unpaired) electrons. The second-order valence-electron chi connectivity index (χ2n) is 4.79. The molecule has 18 heavy (non-hydrogen) atoms. The number of benzene rings is 1. The van der Waals surface area contributed by atoms with Crippen LogP contribution in [0.15, 0.2) is 30.3 Å². The Morgan fingerprint density at radius 3 is 2.44 bits per heavy atom. The van der Waals surface area contributed by atoms with Crippen LogP contribution in [0.2, 0.25) is 0 Å². The molecule has 3 N–H and O–H groups in total. The molecule has 1 saturated carbocycles. The summed E-state index contributed by atoms with van der Waals surface area (Å²) in [5.41, 5.74) is 3.50. The lowest BCUT2D eigenvalue weighted by molar-refractivity contribution is -0.145. The molecule has 2 atom stereocenters. The summed E-state index contributed by atoms with van der Waals surface area (Å²) < 4.78 is 26.5. The van der Waals surface area contributed by atoms with Crippen molar-refractivity contribution in [3.8, 4) is 0 Å². The highest BCUT2D eigenvalue weighted by Crippen LogP contribution is 2.47. The van der Waals surface area contributed by atoms with Gasteiger partial charge in [0.25, 0.3) is 5.91 Å². The molecule has 5 heteroatoms. The van der Waals surface area contributed by atoms with E-state index in [1.165, 1.54) is 12.1 Å². The number of hydrogen-bond acceptors (Lipinski definition) is 2. The van der Waals surface area contributed by atoms with Crippen LogP contribution in [0.25, 0.3) is 0 Å². The predicted molar refractivity (Wildman–Crippen MR) is 61.8 cm³/mol. The van der Waals surface area contributed by atoms with Crippen molar-refractivity contribution in [3.63, 3.8) is 0 Å². The third kappa shape index (κ3) is 2.10. The molecule has 1 aliphatic rings. The third-order valence-electron chi connectivity index (χ3n) is 3.58. The summed E-state index contributed by atoms with van der Waals surface area (Å²) in [6, 6.07) is 8.04. The Balaban J connectivity index is 2.37. The van der Waals surface area contributed by atoms with Crippen molar-refractivity contribution in [1.29, 1.82) is 0 Å².